The molecule has 0 saturated carbocycles. The molecule has 0 aromatic heterocycles. The van der Waals surface area contributed by atoms with Crippen LogP contribution >= 0.6 is 15.9 Å². The molecule has 27 heavy (non-hydrogen) atoms. The molecule has 1 amide bonds. The highest BCUT2D eigenvalue weighted by Crippen LogP contribution is 2.38. The molecule has 1 N–H and O–H groups in total. The molecule has 0 heterocycles. The van der Waals surface area contributed by atoms with E-state index < -0.39 is 0 Å². The van der Waals surface area contributed by atoms with Gasteiger partial charge in [0.1, 0.15) is 5.75 Å². The Hall–Kier alpha value is -2.74. The number of carbonyl (C=O) groups is 1. The summed E-state index contributed by atoms with van der Waals surface area (Å²) in [5, 5.41) is 4.11. The quantitative estimate of drug-likeness (QED) is 0.506. The fourth-order valence-corrected chi connectivity index (χ4v) is 2.62. The van der Waals surface area contributed by atoms with Gasteiger partial charge >= 0.3 is 0 Å². The summed E-state index contributed by atoms with van der Waals surface area (Å²) in [5.41, 5.74) is 3.76. The average Bonchev–Trinajstić information content (AvgIpc) is 2.69. The minimum absolute atomic E-state index is 0.150. The fraction of sp³-hybridized carbons (Fsp3) is 0.263. The first-order valence-corrected chi connectivity index (χ1v) is 8.79. The van der Waals surface area contributed by atoms with Gasteiger partial charge in [-0.2, -0.15) is 5.10 Å². The lowest BCUT2D eigenvalue weighted by Gasteiger charge is -2.14. The molecule has 0 saturated heterocycles. The highest BCUT2D eigenvalue weighted by atomic mass is 79.9. The number of nitrogens with zero attached hydrogens (tertiary/aromatic N) is 1. The number of hydrogen-bond acceptors (Lipinski definition) is 6. The lowest BCUT2D eigenvalue weighted by molar-refractivity contribution is -0.123. The van der Waals surface area contributed by atoms with Crippen molar-refractivity contribution in [2.24, 2.45) is 5.10 Å². The van der Waals surface area contributed by atoms with E-state index in [0.29, 0.717) is 28.7 Å². The summed E-state index contributed by atoms with van der Waals surface area (Å²) < 4.78 is 22.2. The molecule has 8 heteroatoms. The first kappa shape index (κ1) is 20.6. The highest BCUT2D eigenvalue weighted by molar-refractivity contribution is 9.10. The Morgan fingerprint density at radius 2 is 1.74 bits per heavy atom. The standard InChI is InChI=1S/C19H21BrN2O5/c1-12(13-8-16(24-2)19(26-4)17(9-13)25-3)21-22-18(23)11-27-15-7-5-6-14(20)10-15/h5-10H,11H2,1-4H3,(H,22,23). The zero-order valence-electron chi connectivity index (χ0n) is 15.5. The van der Waals surface area contributed by atoms with Gasteiger partial charge in [-0.25, -0.2) is 5.43 Å². The van der Waals surface area contributed by atoms with Crippen molar-refractivity contribution < 1.29 is 23.7 Å². The van der Waals surface area contributed by atoms with Crippen LogP contribution < -0.4 is 24.4 Å². The summed E-state index contributed by atoms with van der Waals surface area (Å²) in [6, 6.07) is 10.7. The average molecular weight is 437 g/mol. The Labute approximate surface area is 166 Å². The fourth-order valence-electron chi connectivity index (χ4n) is 2.24. The van der Waals surface area contributed by atoms with Crippen LogP contribution in [0.5, 0.6) is 23.0 Å². The van der Waals surface area contributed by atoms with Gasteiger partial charge in [0.05, 0.1) is 27.0 Å². The number of hydrogen-bond donors (Lipinski definition) is 1. The number of hydrazone groups is 1. The van der Waals surface area contributed by atoms with Crippen LogP contribution in [-0.2, 0) is 4.79 Å². The van der Waals surface area contributed by atoms with E-state index in [-0.39, 0.29) is 12.5 Å². The number of ether oxygens (including phenoxy) is 4. The summed E-state index contributed by atoms with van der Waals surface area (Å²) in [4.78, 5) is 12.0. The van der Waals surface area contributed by atoms with E-state index in [1.54, 1.807) is 31.2 Å². The first-order chi connectivity index (χ1) is 13.0. The zero-order valence-corrected chi connectivity index (χ0v) is 17.1. The largest absolute Gasteiger partial charge is 0.493 e. The van der Waals surface area contributed by atoms with Crippen molar-refractivity contribution in [3.05, 3.63) is 46.4 Å². The maximum absolute atomic E-state index is 12.0. The Bertz CT molecular complexity index is 814. The Balaban J connectivity index is 2.05. The van der Waals surface area contributed by atoms with Crippen LogP contribution in [0.25, 0.3) is 0 Å². The molecule has 7 nitrogen and oxygen atoms in total. The number of benzene rings is 2. The molecule has 0 atom stereocenters. The zero-order chi connectivity index (χ0) is 19.8. The van der Waals surface area contributed by atoms with Gasteiger partial charge in [-0.05, 0) is 37.3 Å². The van der Waals surface area contributed by atoms with Crippen molar-refractivity contribution in [3.63, 3.8) is 0 Å². The molecule has 0 bridgehead atoms. The third-order valence-electron chi connectivity index (χ3n) is 3.60. The molecule has 0 aliphatic heterocycles. The minimum atomic E-state index is -0.373. The monoisotopic (exact) mass is 436 g/mol. The molecule has 0 radical (unpaired) electrons. The molecule has 0 unspecified atom stereocenters. The summed E-state index contributed by atoms with van der Waals surface area (Å²) in [6.07, 6.45) is 0. The van der Waals surface area contributed by atoms with E-state index >= 15 is 0 Å². The van der Waals surface area contributed by atoms with E-state index in [1.807, 2.05) is 12.1 Å². The van der Waals surface area contributed by atoms with Gasteiger partial charge in [0.25, 0.3) is 5.91 Å². The minimum Gasteiger partial charge on any atom is -0.493 e. The third kappa shape index (κ3) is 5.62. The van der Waals surface area contributed by atoms with Crippen molar-refractivity contribution in [2.75, 3.05) is 27.9 Å². The number of rotatable bonds is 8. The number of methoxy groups -OCH3 is 3. The van der Waals surface area contributed by atoms with Crippen molar-refractivity contribution in [1.29, 1.82) is 0 Å². The highest BCUT2D eigenvalue weighted by Gasteiger charge is 2.14. The smallest absolute Gasteiger partial charge is 0.277 e. The SMILES string of the molecule is COc1cc(C(C)=NNC(=O)COc2cccc(Br)c2)cc(OC)c1OC. The predicted octanol–water partition coefficient (Wildman–Crippen LogP) is 3.39. The van der Waals surface area contributed by atoms with Gasteiger partial charge in [-0.1, -0.05) is 22.0 Å². The van der Waals surface area contributed by atoms with Crippen molar-refractivity contribution in [2.45, 2.75) is 6.92 Å². The van der Waals surface area contributed by atoms with Crippen LogP contribution in [0.2, 0.25) is 0 Å². The van der Waals surface area contributed by atoms with E-state index in [9.17, 15) is 4.79 Å². The van der Waals surface area contributed by atoms with Crippen LogP contribution in [-0.4, -0.2) is 39.6 Å². The predicted molar refractivity (Wildman–Crippen MR) is 106 cm³/mol. The summed E-state index contributed by atoms with van der Waals surface area (Å²) in [6.45, 7) is 1.61. The Kier molecular flexibility index (Phi) is 7.48. The molecular formula is C19H21BrN2O5. The first-order valence-electron chi connectivity index (χ1n) is 8.00. The van der Waals surface area contributed by atoms with Gasteiger partial charge in [-0.15, -0.1) is 0 Å². The molecule has 0 fully saturated rings. The van der Waals surface area contributed by atoms with Gasteiger partial charge in [0, 0.05) is 10.0 Å². The molecule has 2 aromatic carbocycles. The summed E-state index contributed by atoms with van der Waals surface area (Å²) in [7, 11) is 4.61. The van der Waals surface area contributed by atoms with Crippen LogP contribution in [0.15, 0.2) is 46.0 Å². The van der Waals surface area contributed by atoms with E-state index in [4.69, 9.17) is 18.9 Å². The Morgan fingerprint density at radius 3 is 2.30 bits per heavy atom. The topological polar surface area (TPSA) is 78.4 Å². The number of nitrogens with one attached hydrogen (secondary N) is 1. The summed E-state index contributed by atoms with van der Waals surface area (Å²) in [5.74, 6) is 1.71. The van der Waals surface area contributed by atoms with Gasteiger partial charge in [0.2, 0.25) is 5.75 Å². The van der Waals surface area contributed by atoms with Crippen LogP contribution in [0.1, 0.15) is 12.5 Å². The van der Waals surface area contributed by atoms with Gasteiger partial charge in [-0.3, -0.25) is 4.79 Å². The Morgan fingerprint density at radius 1 is 1.07 bits per heavy atom. The number of carbonyl (C=O) groups excluding carboxylic acids is 1. The molecule has 0 aliphatic rings. The molecule has 0 aliphatic carbocycles. The second kappa shape index (κ2) is 9.82. The third-order valence-corrected chi connectivity index (χ3v) is 4.09. The van der Waals surface area contributed by atoms with Crippen molar-refractivity contribution in [1.82, 2.24) is 5.43 Å². The van der Waals surface area contributed by atoms with Crippen molar-refractivity contribution >= 4 is 27.5 Å². The van der Waals surface area contributed by atoms with Crippen LogP contribution in [0.3, 0.4) is 0 Å². The van der Waals surface area contributed by atoms with Crippen molar-refractivity contribution in [3.8, 4) is 23.0 Å². The van der Waals surface area contributed by atoms with E-state index in [0.717, 1.165) is 10.0 Å². The number of amides is 1. The second-order valence-corrected chi connectivity index (χ2v) is 6.31. The van der Waals surface area contributed by atoms with Crippen LogP contribution in [0.4, 0.5) is 0 Å². The molecular weight excluding hydrogens is 416 g/mol. The van der Waals surface area contributed by atoms with Crippen LogP contribution in [0, 0.1) is 0 Å². The molecule has 2 aromatic rings. The van der Waals surface area contributed by atoms with E-state index in [2.05, 4.69) is 26.5 Å². The lowest BCUT2D eigenvalue weighted by atomic mass is 10.1. The normalized spacial score (nSPS) is 10.9. The van der Waals surface area contributed by atoms with Gasteiger partial charge in [0.15, 0.2) is 18.1 Å². The maximum atomic E-state index is 12.0. The molecule has 144 valence electrons. The lowest BCUT2D eigenvalue weighted by Crippen LogP contribution is -2.25. The second-order valence-electron chi connectivity index (χ2n) is 5.39. The molecule has 0 spiro atoms. The maximum Gasteiger partial charge on any atom is 0.277 e. The number of halogens is 1. The van der Waals surface area contributed by atoms with Gasteiger partial charge < -0.3 is 18.9 Å². The molecule has 2 rings (SSSR count). The summed E-state index contributed by atoms with van der Waals surface area (Å²) >= 11 is 3.35. The van der Waals surface area contributed by atoms with E-state index in [1.165, 1.54) is 21.3 Å².